The number of hydrogen-bond donors (Lipinski definition) is 2. The van der Waals surface area contributed by atoms with Crippen molar-refractivity contribution in [3.05, 3.63) is 59.7 Å². The second-order valence-corrected chi connectivity index (χ2v) is 6.56. The third-order valence-electron chi connectivity index (χ3n) is 4.82. The van der Waals surface area contributed by atoms with E-state index < -0.39 is 24.4 Å². The van der Waals surface area contributed by atoms with Crippen molar-refractivity contribution in [2.75, 3.05) is 19.8 Å². The number of carbonyl (C=O) groups is 2. The summed E-state index contributed by atoms with van der Waals surface area (Å²) in [5.41, 5.74) is 4.40. The Morgan fingerprint density at radius 3 is 1.97 bits per heavy atom. The molecule has 0 aliphatic heterocycles. The fourth-order valence-electron chi connectivity index (χ4n) is 3.58. The van der Waals surface area contributed by atoms with Crippen molar-refractivity contribution in [3.63, 3.8) is 0 Å². The van der Waals surface area contributed by atoms with Crippen LogP contribution in [0.2, 0.25) is 0 Å². The minimum Gasteiger partial charge on any atom is -0.480 e. The summed E-state index contributed by atoms with van der Waals surface area (Å²) in [7, 11) is 0. The first kappa shape index (κ1) is 20.8. The van der Waals surface area contributed by atoms with Crippen LogP contribution in [0.5, 0.6) is 0 Å². The minimum atomic E-state index is -1.37. The number of alkyl carbamates (subject to hydrolysis) is 1. The smallest absolute Gasteiger partial charge is 0.408 e. The maximum Gasteiger partial charge on any atom is 0.408 e. The molecule has 0 radical (unpaired) electrons. The molecule has 1 amide bonds. The molecule has 154 valence electrons. The van der Waals surface area contributed by atoms with Gasteiger partial charge in [-0.05, 0) is 36.1 Å². The molecule has 0 spiro atoms. The molecule has 2 aromatic carbocycles. The number of carboxylic acid groups (broad SMARTS) is 1. The van der Waals surface area contributed by atoms with Gasteiger partial charge in [0.2, 0.25) is 0 Å². The van der Waals surface area contributed by atoms with Crippen molar-refractivity contribution in [3.8, 4) is 11.1 Å². The normalized spacial score (nSPS) is 13.6. The summed E-state index contributed by atoms with van der Waals surface area (Å²) in [5, 5.41) is 11.8. The predicted molar refractivity (Wildman–Crippen MR) is 107 cm³/mol. The third-order valence-corrected chi connectivity index (χ3v) is 4.82. The second kappa shape index (κ2) is 9.54. The number of benzene rings is 2. The van der Waals surface area contributed by atoms with Gasteiger partial charge >= 0.3 is 12.1 Å². The van der Waals surface area contributed by atoms with Gasteiger partial charge in [-0.25, -0.2) is 9.59 Å². The number of rotatable bonds is 9. The number of ether oxygens (including phenoxy) is 3. The minimum absolute atomic E-state index is 0.0974. The first-order chi connectivity index (χ1) is 14.1. The van der Waals surface area contributed by atoms with Crippen molar-refractivity contribution in [1.82, 2.24) is 5.32 Å². The van der Waals surface area contributed by atoms with Gasteiger partial charge in [-0.15, -0.1) is 0 Å². The fraction of sp³-hybridized carbons (Fsp3) is 0.364. The van der Waals surface area contributed by atoms with Gasteiger partial charge in [-0.3, -0.25) is 0 Å². The Morgan fingerprint density at radius 1 is 0.966 bits per heavy atom. The average molecular weight is 399 g/mol. The van der Waals surface area contributed by atoms with E-state index >= 15 is 0 Å². The van der Waals surface area contributed by atoms with E-state index in [0.717, 1.165) is 22.3 Å². The van der Waals surface area contributed by atoms with Gasteiger partial charge in [-0.1, -0.05) is 48.5 Å². The van der Waals surface area contributed by atoms with Crippen LogP contribution in [0, 0.1) is 0 Å². The Kier molecular flexibility index (Phi) is 6.85. The maximum atomic E-state index is 12.3. The van der Waals surface area contributed by atoms with E-state index in [4.69, 9.17) is 14.2 Å². The molecule has 0 unspecified atom stereocenters. The van der Waals surface area contributed by atoms with Crippen molar-refractivity contribution >= 4 is 12.1 Å². The van der Waals surface area contributed by atoms with Gasteiger partial charge in [0.05, 0.1) is 0 Å². The van der Waals surface area contributed by atoms with Gasteiger partial charge in [0.1, 0.15) is 6.61 Å². The van der Waals surface area contributed by atoms with Crippen LogP contribution in [0.25, 0.3) is 11.1 Å². The molecule has 1 atom stereocenters. The van der Waals surface area contributed by atoms with Crippen molar-refractivity contribution in [2.45, 2.75) is 32.1 Å². The summed E-state index contributed by atoms with van der Waals surface area (Å²) in [5.74, 6) is -1.36. The predicted octanol–water partition coefficient (Wildman–Crippen LogP) is 3.38. The van der Waals surface area contributed by atoms with Gasteiger partial charge in [0.25, 0.3) is 0 Å². The SMILES string of the molecule is CCOC(OCC)[C@H](NC(=O)OCC1c2ccccc2-c2ccccc21)C(=O)O. The van der Waals surface area contributed by atoms with E-state index in [1.165, 1.54) is 0 Å². The van der Waals surface area contributed by atoms with Crippen LogP contribution in [0.3, 0.4) is 0 Å². The summed E-state index contributed by atoms with van der Waals surface area (Å²) in [6.45, 7) is 4.04. The Balaban J connectivity index is 1.69. The van der Waals surface area contributed by atoms with Crippen LogP contribution in [0.4, 0.5) is 4.79 Å². The number of hydrogen-bond acceptors (Lipinski definition) is 5. The number of carboxylic acids is 1. The molecule has 7 nitrogen and oxygen atoms in total. The number of amides is 1. The van der Waals surface area contributed by atoms with E-state index in [-0.39, 0.29) is 25.7 Å². The summed E-state index contributed by atoms with van der Waals surface area (Å²) in [4.78, 5) is 23.9. The molecule has 29 heavy (non-hydrogen) atoms. The summed E-state index contributed by atoms with van der Waals surface area (Å²) in [6.07, 6.45) is -1.92. The third kappa shape index (κ3) is 4.58. The van der Waals surface area contributed by atoms with Crippen LogP contribution in [-0.2, 0) is 19.0 Å². The molecule has 0 bridgehead atoms. The highest BCUT2D eigenvalue weighted by molar-refractivity contribution is 5.81. The van der Waals surface area contributed by atoms with E-state index in [1.807, 2.05) is 48.5 Å². The molecule has 0 aromatic heterocycles. The molecule has 7 heteroatoms. The van der Waals surface area contributed by atoms with Gasteiger partial charge in [-0.2, -0.15) is 0 Å². The topological polar surface area (TPSA) is 94.1 Å². The maximum absolute atomic E-state index is 12.3. The summed E-state index contributed by atoms with van der Waals surface area (Å²) >= 11 is 0. The van der Waals surface area contributed by atoms with Gasteiger partial charge in [0, 0.05) is 19.1 Å². The van der Waals surface area contributed by atoms with E-state index in [0.29, 0.717) is 0 Å². The zero-order chi connectivity index (χ0) is 20.8. The highest BCUT2D eigenvalue weighted by Gasteiger charge is 2.33. The quantitative estimate of drug-likeness (QED) is 0.628. The Hall–Kier alpha value is -2.90. The molecule has 0 heterocycles. The summed E-state index contributed by atoms with van der Waals surface area (Å²) < 4.78 is 16.0. The number of aliphatic carboxylic acids is 1. The molecule has 1 aliphatic rings. The molecule has 0 saturated heterocycles. The lowest BCUT2D eigenvalue weighted by Gasteiger charge is -2.24. The van der Waals surface area contributed by atoms with E-state index in [9.17, 15) is 14.7 Å². The molecule has 1 aliphatic carbocycles. The van der Waals surface area contributed by atoms with Crippen LogP contribution >= 0.6 is 0 Å². The summed E-state index contributed by atoms with van der Waals surface area (Å²) in [6, 6.07) is 14.6. The Bertz CT molecular complexity index is 816. The van der Waals surface area contributed by atoms with Gasteiger partial charge < -0.3 is 24.6 Å². The molecule has 2 N–H and O–H groups in total. The molecule has 2 aromatic rings. The van der Waals surface area contributed by atoms with Crippen molar-refractivity contribution in [2.24, 2.45) is 0 Å². The molecule has 0 fully saturated rings. The fourth-order valence-corrected chi connectivity index (χ4v) is 3.58. The van der Waals surface area contributed by atoms with Gasteiger partial charge in [0.15, 0.2) is 12.3 Å². The Labute approximate surface area is 169 Å². The molecule has 3 rings (SSSR count). The largest absolute Gasteiger partial charge is 0.480 e. The lowest BCUT2D eigenvalue weighted by Crippen LogP contribution is -2.51. The highest BCUT2D eigenvalue weighted by Crippen LogP contribution is 2.44. The van der Waals surface area contributed by atoms with Crippen molar-refractivity contribution in [1.29, 1.82) is 0 Å². The molecule has 0 saturated carbocycles. The zero-order valence-electron chi connectivity index (χ0n) is 16.5. The molecular weight excluding hydrogens is 374 g/mol. The van der Waals surface area contributed by atoms with E-state index in [2.05, 4.69) is 5.32 Å². The monoisotopic (exact) mass is 399 g/mol. The molecular formula is C22H25NO6. The standard InChI is InChI=1S/C22H25NO6/c1-3-27-21(28-4-2)19(20(24)25)23-22(26)29-13-18-16-11-7-5-9-14(16)15-10-6-8-12-17(15)18/h5-12,18-19,21H,3-4,13H2,1-2H3,(H,23,26)(H,24,25)/t19-/m1/s1. The van der Waals surface area contributed by atoms with E-state index in [1.54, 1.807) is 13.8 Å². The lowest BCUT2D eigenvalue weighted by atomic mass is 9.98. The number of fused-ring (bicyclic) bond motifs is 3. The average Bonchev–Trinajstić information content (AvgIpc) is 3.04. The first-order valence-corrected chi connectivity index (χ1v) is 9.64. The van der Waals surface area contributed by atoms with Crippen molar-refractivity contribution < 1.29 is 28.9 Å². The first-order valence-electron chi connectivity index (χ1n) is 9.64. The van der Waals surface area contributed by atoms with Crippen LogP contribution in [-0.4, -0.2) is 49.3 Å². The number of carbonyl (C=O) groups excluding carboxylic acids is 1. The lowest BCUT2D eigenvalue weighted by molar-refractivity contribution is -0.174. The second-order valence-electron chi connectivity index (χ2n) is 6.56. The number of nitrogens with one attached hydrogen (secondary N) is 1. The Morgan fingerprint density at radius 2 is 1.48 bits per heavy atom. The zero-order valence-corrected chi connectivity index (χ0v) is 16.5. The van der Waals surface area contributed by atoms with Crippen LogP contribution in [0.1, 0.15) is 30.9 Å². The van der Waals surface area contributed by atoms with Crippen LogP contribution in [0.15, 0.2) is 48.5 Å². The highest BCUT2D eigenvalue weighted by atomic mass is 16.7. The van der Waals surface area contributed by atoms with Crippen LogP contribution < -0.4 is 5.32 Å².